The normalized spacial score (nSPS) is 15.9. The number of amides is 1. The number of thiocarbonyl (C=S) groups is 1. The second-order valence-electron chi connectivity index (χ2n) is 8.24. The largest absolute Gasteiger partial charge is 0.416 e. The van der Waals surface area contributed by atoms with Gasteiger partial charge in [-0.15, -0.1) is 0 Å². The molecule has 1 aliphatic rings. The lowest BCUT2D eigenvalue weighted by Gasteiger charge is -2.44. The van der Waals surface area contributed by atoms with E-state index in [4.69, 9.17) is 47.0 Å². The Kier molecular flexibility index (Phi) is 8.18. The lowest BCUT2D eigenvalue weighted by atomic mass is 10.1. The predicted octanol–water partition coefficient (Wildman–Crippen LogP) is 6.58. The van der Waals surface area contributed by atoms with Gasteiger partial charge in [0.25, 0.3) is 0 Å². The number of halogens is 6. The van der Waals surface area contributed by atoms with Crippen molar-refractivity contribution in [3.63, 3.8) is 0 Å². The number of fused-ring (bicyclic) bond motifs is 1. The first kappa shape index (κ1) is 27.4. The molecule has 2 heterocycles. The number of carbonyl (C=O) groups is 1. The van der Waals surface area contributed by atoms with Crippen molar-refractivity contribution in [3.05, 3.63) is 78.0 Å². The van der Waals surface area contributed by atoms with Crippen LogP contribution in [0.4, 0.5) is 18.9 Å². The van der Waals surface area contributed by atoms with Gasteiger partial charge in [-0.25, -0.2) is 0 Å². The van der Waals surface area contributed by atoms with E-state index < -0.39 is 27.6 Å². The van der Waals surface area contributed by atoms with E-state index in [9.17, 15) is 18.0 Å². The molecule has 1 fully saturated rings. The molecule has 1 atom stereocenters. The molecule has 3 aromatic rings. The third kappa shape index (κ3) is 6.46. The summed E-state index contributed by atoms with van der Waals surface area (Å²) in [5, 5.41) is 3.97. The van der Waals surface area contributed by atoms with Crippen molar-refractivity contribution < 1.29 is 18.0 Å². The predicted molar refractivity (Wildman–Crippen MR) is 146 cm³/mol. The van der Waals surface area contributed by atoms with Gasteiger partial charge >= 0.3 is 6.18 Å². The van der Waals surface area contributed by atoms with Gasteiger partial charge in [0.05, 0.1) is 16.8 Å². The molecule has 1 unspecified atom stereocenters. The van der Waals surface area contributed by atoms with Crippen molar-refractivity contribution >= 4 is 80.7 Å². The third-order valence-corrected chi connectivity index (χ3v) is 6.80. The molecule has 0 radical (unpaired) electrons. The average Bonchev–Trinajstić information content (AvgIpc) is 2.85. The van der Waals surface area contributed by atoms with Crippen molar-refractivity contribution in [2.75, 3.05) is 18.0 Å². The summed E-state index contributed by atoms with van der Waals surface area (Å²) >= 11 is 24.5. The molecule has 1 saturated heterocycles. The van der Waals surface area contributed by atoms with Crippen molar-refractivity contribution in [2.45, 2.75) is 22.6 Å². The van der Waals surface area contributed by atoms with Gasteiger partial charge in [-0.3, -0.25) is 9.78 Å². The Morgan fingerprint density at radius 1 is 1.05 bits per heavy atom. The van der Waals surface area contributed by atoms with Gasteiger partial charge < -0.3 is 15.1 Å². The summed E-state index contributed by atoms with van der Waals surface area (Å²) in [4.78, 5) is 20.7. The van der Waals surface area contributed by atoms with Crippen molar-refractivity contribution in [3.8, 4) is 0 Å². The van der Waals surface area contributed by atoms with Gasteiger partial charge in [-0.05, 0) is 54.5 Å². The Morgan fingerprint density at radius 3 is 2.43 bits per heavy atom. The number of carbonyl (C=O) groups excluding carboxylic acids is 1. The number of alkyl halides is 6. The molecule has 12 heteroatoms. The molecule has 1 N–H and O–H groups in total. The second kappa shape index (κ2) is 11.0. The number of hydrogen-bond donors (Lipinski definition) is 1. The molecule has 0 saturated carbocycles. The van der Waals surface area contributed by atoms with Crippen molar-refractivity contribution in [1.82, 2.24) is 15.2 Å². The van der Waals surface area contributed by atoms with E-state index in [1.807, 2.05) is 35.2 Å². The zero-order valence-corrected chi connectivity index (χ0v) is 22.1. The molecule has 4 rings (SSSR count). The highest BCUT2D eigenvalue weighted by atomic mass is 35.6. The summed E-state index contributed by atoms with van der Waals surface area (Å²) in [6.07, 6.45) is -0.665. The highest BCUT2D eigenvalue weighted by Gasteiger charge is 2.42. The SMILES string of the molecule is O=C(/C=C/c1ccc(C(F)(F)F)cc1)NC(N1CCCN(c2cccc3cccnc23)C1=S)C(Cl)(Cl)Cl. The minimum Gasteiger partial charge on any atom is -0.328 e. The second-order valence-corrected chi connectivity index (χ2v) is 11.0. The van der Waals surface area contributed by atoms with Crippen LogP contribution in [0.5, 0.6) is 0 Å². The molecule has 5 nitrogen and oxygen atoms in total. The first-order chi connectivity index (χ1) is 17.4. The summed E-state index contributed by atoms with van der Waals surface area (Å²) < 4.78 is 36.4. The number of nitrogens with one attached hydrogen (secondary N) is 1. The van der Waals surface area contributed by atoms with E-state index in [0.29, 0.717) is 30.2 Å². The zero-order chi connectivity index (χ0) is 26.8. The molecular weight excluding hydrogens is 568 g/mol. The first-order valence-electron chi connectivity index (χ1n) is 11.1. The van der Waals surface area contributed by atoms with Crippen LogP contribution in [0.3, 0.4) is 0 Å². The van der Waals surface area contributed by atoms with Crippen LogP contribution in [0.1, 0.15) is 17.5 Å². The smallest absolute Gasteiger partial charge is 0.328 e. The average molecular weight is 588 g/mol. The number of rotatable bonds is 5. The lowest BCUT2D eigenvalue weighted by Crippen LogP contribution is -2.62. The number of benzene rings is 2. The summed E-state index contributed by atoms with van der Waals surface area (Å²) in [5.41, 5.74) is 1.18. The maximum absolute atomic E-state index is 12.8. The summed E-state index contributed by atoms with van der Waals surface area (Å²) in [5.74, 6) is -0.608. The molecule has 1 amide bonds. The molecule has 0 spiro atoms. The quantitative estimate of drug-likeness (QED) is 0.208. The fourth-order valence-corrected chi connectivity index (χ4v) is 4.89. The molecule has 1 aliphatic heterocycles. The number of aromatic nitrogens is 1. The molecular formula is C25H20Cl3F3N4OS. The van der Waals surface area contributed by atoms with Crippen LogP contribution in [0.25, 0.3) is 17.0 Å². The minimum absolute atomic E-state index is 0.354. The Morgan fingerprint density at radius 2 is 1.76 bits per heavy atom. The summed E-state index contributed by atoms with van der Waals surface area (Å²) in [6.45, 7) is 1.04. The van der Waals surface area contributed by atoms with Gasteiger partial charge in [-0.2, -0.15) is 13.2 Å². The monoisotopic (exact) mass is 586 g/mol. The van der Waals surface area contributed by atoms with Crippen LogP contribution in [-0.4, -0.2) is 44.0 Å². The van der Waals surface area contributed by atoms with E-state index in [1.54, 1.807) is 11.1 Å². The van der Waals surface area contributed by atoms with Gasteiger partial charge in [0.2, 0.25) is 9.70 Å². The topological polar surface area (TPSA) is 48.5 Å². The van der Waals surface area contributed by atoms with Crippen LogP contribution in [0.15, 0.2) is 66.9 Å². The number of anilines is 1. The fraction of sp³-hybridized carbons (Fsp3) is 0.240. The molecule has 0 bridgehead atoms. The van der Waals surface area contributed by atoms with E-state index in [1.165, 1.54) is 18.2 Å². The van der Waals surface area contributed by atoms with Crippen LogP contribution in [0, 0.1) is 0 Å². The van der Waals surface area contributed by atoms with Crippen LogP contribution < -0.4 is 10.2 Å². The highest BCUT2D eigenvalue weighted by Crippen LogP contribution is 2.35. The minimum atomic E-state index is -4.44. The molecule has 37 heavy (non-hydrogen) atoms. The number of pyridine rings is 1. The number of para-hydroxylation sites is 1. The Hall–Kier alpha value is -2.59. The third-order valence-electron chi connectivity index (χ3n) is 5.73. The van der Waals surface area contributed by atoms with E-state index in [0.717, 1.165) is 34.8 Å². The van der Waals surface area contributed by atoms with Gasteiger partial charge in [-0.1, -0.05) is 65.1 Å². The van der Waals surface area contributed by atoms with E-state index in [-0.39, 0.29) is 0 Å². The van der Waals surface area contributed by atoms with Crippen LogP contribution in [-0.2, 0) is 11.0 Å². The van der Waals surface area contributed by atoms with Crippen LogP contribution >= 0.6 is 47.0 Å². The Bertz CT molecular complexity index is 1320. The van der Waals surface area contributed by atoms with Crippen molar-refractivity contribution in [2.24, 2.45) is 0 Å². The first-order valence-corrected chi connectivity index (χ1v) is 12.6. The molecule has 2 aromatic carbocycles. The molecule has 194 valence electrons. The van der Waals surface area contributed by atoms with E-state index in [2.05, 4.69) is 10.3 Å². The van der Waals surface area contributed by atoms with E-state index >= 15 is 0 Å². The lowest BCUT2D eigenvalue weighted by molar-refractivity contribution is -0.137. The maximum atomic E-state index is 12.8. The Labute approximate surface area is 231 Å². The van der Waals surface area contributed by atoms with Crippen LogP contribution in [0.2, 0.25) is 0 Å². The summed E-state index contributed by atoms with van der Waals surface area (Å²) in [7, 11) is 0. The maximum Gasteiger partial charge on any atom is 0.416 e. The standard InChI is InChI=1S/C25H20Cl3F3N4OS/c26-24(27,28)22(33-20(36)12-9-16-7-10-18(11-8-16)25(29,30)31)35-15-3-14-34(23(35)37)19-6-1-4-17-5-2-13-32-21(17)19/h1-2,4-13,22H,3,14-15H2,(H,33,36)/b12-9+. The number of nitrogens with zero attached hydrogens (tertiary/aromatic N) is 3. The zero-order valence-electron chi connectivity index (χ0n) is 19.1. The summed E-state index contributed by atoms with van der Waals surface area (Å²) in [6, 6.07) is 13.9. The number of hydrogen-bond acceptors (Lipinski definition) is 3. The van der Waals surface area contributed by atoms with Gasteiger partial charge in [0.15, 0.2) is 11.3 Å². The van der Waals surface area contributed by atoms with Gasteiger partial charge in [0.1, 0.15) is 0 Å². The van der Waals surface area contributed by atoms with Gasteiger partial charge in [0, 0.05) is 30.7 Å². The highest BCUT2D eigenvalue weighted by molar-refractivity contribution is 7.80. The fourth-order valence-electron chi connectivity index (χ4n) is 3.99. The molecule has 0 aliphatic carbocycles. The molecule has 1 aromatic heterocycles. The Balaban J connectivity index is 1.53. The van der Waals surface area contributed by atoms with Crippen molar-refractivity contribution in [1.29, 1.82) is 0 Å².